The van der Waals surface area contributed by atoms with Gasteiger partial charge in [-0.15, -0.1) is 5.10 Å². The Hall–Kier alpha value is -2.82. The fourth-order valence-corrected chi connectivity index (χ4v) is 2.42. The van der Waals surface area contributed by atoms with Gasteiger partial charge >= 0.3 is 0 Å². The minimum atomic E-state index is 0.588. The fraction of sp³-hybridized carbons (Fsp3) is 0.176. The normalized spacial score (nSPS) is 11.3. The lowest BCUT2D eigenvalue weighted by molar-refractivity contribution is 0.300. The van der Waals surface area contributed by atoms with E-state index in [1.807, 2.05) is 42.5 Å². The van der Waals surface area contributed by atoms with E-state index in [4.69, 9.17) is 9.15 Å². The molecule has 0 aliphatic heterocycles. The number of rotatable bonds is 4. The van der Waals surface area contributed by atoms with E-state index < -0.39 is 0 Å². The van der Waals surface area contributed by atoms with Crippen molar-refractivity contribution in [2.24, 2.45) is 0 Å². The molecule has 0 saturated heterocycles. The van der Waals surface area contributed by atoms with Gasteiger partial charge in [0, 0.05) is 11.5 Å². The Morgan fingerprint density at radius 1 is 1.18 bits per heavy atom. The number of furan rings is 1. The Balaban J connectivity index is 1.83. The standard InChI is InChI=1S/C17H15N3O2/c1-2-9-21-17-8-7-16-18-11-13(20(16)19-17)15-10-12-5-3-4-6-14(12)22-15/h3-8,10-11H,2,9H2,1H3. The lowest BCUT2D eigenvalue weighted by Crippen LogP contribution is -2.01. The summed E-state index contributed by atoms with van der Waals surface area (Å²) in [7, 11) is 0. The highest BCUT2D eigenvalue weighted by Gasteiger charge is 2.12. The third-order valence-corrected chi connectivity index (χ3v) is 3.47. The Morgan fingerprint density at radius 2 is 2.09 bits per heavy atom. The maximum atomic E-state index is 5.90. The molecule has 0 spiro atoms. The van der Waals surface area contributed by atoms with Crippen molar-refractivity contribution in [3.05, 3.63) is 48.7 Å². The van der Waals surface area contributed by atoms with Gasteiger partial charge in [0.1, 0.15) is 11.3 Å². The highest BCUT2D eigenvalue weighted by atomic mass is 16.5. The number of para-hydroxylation sites is 1. The van der Waals surface area contributed by atoms with Gasteiger partial charge in [-0.3, -0.25) is 0 Å². The van der Waals surface area contributed by atoms with Crippen LogP contribution in [0.2, 0.25) is 0 Å². The van der Waals surface area contributed by atoms with Crippen LogP contribution in [-0.2, 0) is 0 Å². The Labute approximate surface area is 127 Å². The number of hydrogen-bond donors (Lipinski definition) is 0. The first-order valence-corrected chi connectivity index (χ1v) is 7.31. The minimum absolute atomic E-state index is 0.588. The minimum Gasteiger partial charge on any atom is -0.477 e. The van der Waals surface area contributed by atoms with Crippen molar-refractivity contribution >= 4 is 16.6 Å². The van der Waals surface area contributed by atoms with Crippen LogP contribution in [0.4, 0.5) is 0 Å². The van der Waals surface area contributed by atoms with E-state index in [0.29, 0.717) is 12.5 Å². The van der Waals surface area contributed by atoms with Gasteiger partial charge in [0.2, 0.25) is 5.88 Å². The van der Waals surface area contributed by atoms with Crippen molar-refractivity contribution in [1.29, 1.82) is 0 Å². The number of aromatic nitrogens is 3. The molecule has 1 aromatic carbocycles. The SMILES string of the molecule is CCCOc1ccc2ncc(-c3cc4ccccc4o3)n2n1. The summed E-state index contributed by atoms with van der Waals surface area (Å²) in [6.45, 7) is 2.71. The molecular weight excluding hydrogens is 278 g/mol. The summed E-state index contributed by atoms with van der Waals surface area (Å²) < 4.78 is 13.2. The number of imidazole rings is 1. The Kier molecular flexibility index (Phi) is 3.04. The van der Waals surface area contributed by atoms with Crippen LogP contribution in [-0.4, -0.2) is 21.2 Å². The zero-order chi connectivity index (χ0) is 14.9. The molecule has 4 rings (SSSR count). The van der Waals surface area contributed by atoms with Crippen molar-refractivity contribution in [2.75, 3.05) is 6.61 Å². The maximum Gasteiger partial charge on any atom is 0.231 e. The van der Waals surface area contributed by atoms with E-state index in [1.54, 1.807) is 10.7 Å². The second-order valence-electron chi connectivity index (χ2n) is 5.08. The molecule has 0 unspecified atom stereocenters. The van der Waals surface area contributed by atoms with Crippen LogP contribution in [0, 0.1) is 0 Å². The highest BCUT2D eigenvalue weighted by Crippen LogP contribution is 2.28. The third kappa shape index (κ3) is 2.11. The highest BCUT2D eigenvalue weighted by molar-refractivity contribution is 5.82. The van der Waals surface area contributed by atoms with Crippen LogP contribution in [0.3, 0.4) is 0 Å². The Bertz CT molecular complexity index is 906. The molecule has 0 amide bonds. The first kappa shape index (κ1) is 12.9. The number of benzene rings is 1. The van der Waals surface area contributed by atoms with Gasteiger partial charge in [-0.2, -0.15) is 0 Å². The summed E-state index contributed by atoms with van der Waals surface area (Å²) in [6.07, 6.45) is 2.71. The monoisotopic (exact) mass is 293 g/mol. The average molecular weight is 293 g/mol. The van der Waals surface area contributed by atoms with Crippen molar-refractivity contribution in [1.82, 2.24) is 14.6 Å². The van der Waals surface area contributed by atoms with E-state index in [1.165, 1.54) is 0 Å². The lowest BCUT2D eigenvalue weighted by atomic mass is 10.2. The van der Waals surface area contributed by atoms with Crippen LogP contribution < -0.4 is 4.74 Å². The molecule has 0 aliphatic carbocycles. The van der Waals surface area contributed by atoms with Crippen molar-refractivity contribution in [3.8, 4) is 17.3 Å². The molecule has 110 valence electrons. The molecule has 22 heavy (non-hydrogen) atoms. The molecule has 3 aromatic heterocycles. The molecule has 0 aliphatic rings. The molecule has 5 nitrogen and oxygen atoms in total. The zero-order valence-electron chi connectivity index (χ0n) is 12.2. The number of fused-ring (bicyclic) bond motifs is 2. The molecule has 3 heterocycles. The van der Waals surface area contributed by atoms with Crippen LogP contribution in [0.5, 0.6) is 5.88 Å². The smallest absolute Gasteiger partial charge is 0.231 e. The first-order valence-electron chi connectivity index (χ1n) is 7.31. The summed E-state index contributed by atoms with van der Waals surface area (Å²) in [5.41, 5.74) is 2.43. The fourth-order valence-electron chi connectivity index (χ4n) is 2.42. The quantitative estimate of drug-likeness (QED) is 0.572. The number of hydrogen-bond acceptors (Lipinski definition) is 4. The predicted molar refractivity (Wildman–Crippen MR) is 84.0 cm³/mol. The molecule has 0 radical (unpaired) electrons. The summed E-state index contributed by atoms with van der Waals surface area (Å²) in [6, 6.07) is 13.6. The summed E-state index contributed by atoms with van der Waals surface area (Å²) >= 11 is 0. The van der Waals surface area contributed by atoms with Gasteiger partial charge < -0.3 is 9.15 Å². The van der Waals surface area contributed by atoms with Gasteiger partial charge in [-0.25, -0.2) is 9.50 Å². The number of ether oxygens (including phenoxy) is 1. The maximum absolute atomic E-state index is 5.90. The van der Waals surface area contributed by atoms with Crippen molar-refractivity contribution in [3.63, 3.8) is 0 Å². The van der Waals surface area contributed by atoms with E-state index in [9.17, 15) is 0 Å². The second-order valence-corrected chi connectivity index (χ2v) is 5.08. The molecule has 4 aromatic rings. The molecule has 5 heteroatoms. The second kappa shape index (κ2) is 5.18. The topological polar surface area (TPSA) is 52.6 Å². The third-order valence-electron chi connectivity index (χ3n) is 3.47. The first-order chi connectivity index (χ1) is 10.8. The molecule has 0 bridgehead atoms. The van der Waals surface area contributed by atoms with Crippen molar-refractivity contribution in [2.45, 2.75) is 13.3 Å². The van der Waals surface area contributed by atoms with Gasteiger partial charge in [-0.1, -0.05) is 25.1 Å². The van der Waals surface area contributed by atoms with Gasteiger partial charge in [-0.05, 0) is 24.6 Å². The molecule has 0 atom stereocenters. The molecule has 0 fully saturated rings. The van der Waals surface area contributed by atoms with E-state index >= 15 is 0 Å². The van der Waals surface area contributed by atoms with Crippen molar-refractivity contribution < 1.29 is 9.15 Å². The van der Waals surface area contributed by atoms with E-state index in [2.05, 4.69) is 17.0 Å². The van der Waals surface area contributed by atoms with Crippen LogP contribution >= 0.6 is 0 Å². The summed E-state index contributed by atoms with van der Waals surface area (Å²) in [4.78, 5) is 4.37. The molecular formula is C17H15N3O2. The van der Waals surface area contributed by atoms with E-state index in [0.717, 1.165) is 34.5 Å². The number of nitrogens with zero attached hydrogens (tertiary/aromatic N) is 3. The van der Waals surface area contributed by atoms with Gasteiger partial charge in [0.05, 0.1) is 12.8 Å². The van der Waals surface area contributed by atoms with Gasteiger partial charge in [0.25, 0.3) is 0 Å². The van der Waals surface area contributed by atoms with Gasteiger partial charge in [0.15, 0.2) is 11.4 Å². The zero-order valence-corrected chi connectivity index (χ0v) is 12.2. The van der Waals surface area contributed by atoms with Crippen LogP contribution in [0.15, 0.2) is 53.1 Å². The Morgan fingerprint density at radius 3 is 2.95 bits per heavy atom. The largest absolute Gasteiger partial charge is 0.477 e. The van der Waals surface area contributed by atoms with E-state index in [-0.39, 0.29) is 0 Å². The average Bonchev–Trinajstić information content (AvgIpc) is 3.15. The summed E-state index contributed by atoms with van der Waals surface area (Å²) in [5, 5.41) is 5.55. The predicted octanol–water partition coefficient (Wildman–Crippen LogP) is 3.93. The molecule has 0 saturated carbocycles. The summed E-state index contributed by atoms with van der Waals surface area (Å²) in [5.74, 6) is 1.33. The van der Waals surface area contributed by atoms with Crippen LogP contribution in [0.1, 0.15) is 13.3 Å². The molecule has 0 N–H and O–H groups in total. The lowest BCUT2D eigenvalue weighted by Gasteiger charge is -2.04. The van der Waals surface area contributed by atoms with Crippen LogP contribution in [0.25, 0.3) is 28.1 Å².